The van der Waals surface area contributed by atoms with Gasteiger partial charge in [-0.3, -0.25) is 0 Å². The van der Waals surface area contributed by atoms with Crippen molar-refractivity contribution in [3.63, 3.8) is 0 Å². The first-order valence-electron chi connectivity index (χ1n) is 6.90. The predicted molar refractivity (Wildman–Crippen MR) is 82.7 cm³/mol. The van der Waals surface area contributed by atoms with Crippen LogP contribution in [0.1, 0.15) is 31.9 Å². The second-order valence-corrected chi connectivity index (χ2v) is 7.82. The zero-order chi connectivity index (χ0) is 15.5. The molecule has 0 fully saturated rings. The van der Waals surface area contributed by atoms with Crippen molar-refractivity contribution in [2.75, 3.05) is 6.54 Å². The summed E-state index contributed by atoms with van der Waals surface area (Å²) in [5.74, 6) is 0. The quantitative estimate of drug-likeness (QED) is 0.923. The van der Waals surface area contributed by atoms with E-state index in [-0.39, 0.29) is 5.41 Å². The zero-order valence-corrected chi connectivity index (χ0v) is 13.4. The van der Waals surface area contributed by atoms with Gasteiger partial charge in [-0.05, 0) is 41.2 Å². The third-order valence-corrected chi connectivity index (χ3v) is 4.79. The molecule has 0 unspecified atom stereocenters. The Morgan fingerprint density at radius 3 is 2.29 bits per heavy atom. The summed E-state index contributed by atoms with van der Waals surface area (Å²) in [6, 6.07) is 8.86. The summed E-state index contributed by atoms with van der Waals surface area (Å²) in [4.78, 5) is 0.294. The first-order valence-corrected chi connectivity index (χ1v) is 8.39. The molecule has 2 rings (SSSR count). The molecule has 0 amide bonds. The standard InChI is InChI=1S/C16H21NO3S/c1-16(2,3)14-4-6-15(7-5-14)21(18,19)17-10-8-13-9-11-20-12-13/h4-7,9,11-12,17H,8,10H2,1-3H3. The van der Waals surface area contributed by atoms with Gasteiger partial charge in [-0.1, -0.05) is 32.9 Å². The molecule has 0 radical (unpaired) electrons. The van der Waals surface area contributed by atoms with E-state index >= 15 is 0 Å². The normalized spacial score (nSPS) is 12.5. The SMILES string of the molecule is CC(C)(C)c1ccc(S(=O)(=O)NCCc2ccoc2)cc1. The molecular weight excluding hydrogens is 286 g/mol. The molecule has 0 saturated heterocycles. The molecular formula is C16H21NO3S. The van der Waals surface area contributed by atoms with Crippen LogP contribution in [0.2, 0.25) is 0 Å². The summed E-state index contributed by atoms with van der Waals surface area (Å²) in [6.07, 6.45) is 3.80. The van der Waals surface area contributed by atoms with E-state index in [1.807, 2.05) is 18.2 Å². The molecule has 1 aromatic heterocycles. The first-order chi connectivity index (χ1) is 9.79. The second-order valence-electron chi connectivity index (χ2n) is 6.05. The molecule has 0 spiro atoms. The summed E-state index contributed by atoms with van der Waals surface area (Å²) in [5, 5.41) is 0. The van der Waals surface area contributed by atoms with Gasteiger partial charge in [-0.2, -0.15) is 0 Å². The van der Waals surface area contributed by atoms with E-state index in [9.17, 15) is 8.42 Å². The zero-order valence-electron chi connectivity index (χ0n) is 12.6. The predicted octanol–water partition coefficient (Wildman–Crippen LogP) is 3.10. The molecule has 1 aromatic carbocycles. The minimum absolute atomic E-state index is 0.0109. The maximum atomic E-state index is 12.2. The molecule has 1 heterocycles. The highest BCUT2D eigenvalue weighted by Crippen LogP contribution is 2.23. The van der Waals surface area contributed by atoms with Gasteiger partial charge in [-0.15, -0.1) is 0 Å². The Morgan fingerprint density at radius 2 is 1.76 bits per heavy atom. The van der Waals surface area contributed by atoms with Crippen LogP contribution in [0, 0.1) is 0 Å². The molecule has 114 valence electrons. The van der Waals surface area contributed by atoms with Crippen LogP contribution in [-0.4, -0.2) is 15.0 Å². The molecule has 0 aliphatic rings. The van der Waals surface area contributed by atoms with E-state index < -0.39 is 10.0 Å². The van der Waals surface area contributed by atoms with Gasteiger partial charge in [-0.25, -0.2) is 13.1 Å². The van der Waals surface area contributed by atoms with Crippen LogP contribution >= 0.6 is 0 Å². The number of sulfonamides is 1. The molecule has 0 atom stereocenters. The molecule has 5 heteroatoms. The summed E-state index contributed by atoms with van der Waals surface area (Å²) in [5.41, 5.74) is 2.09. The Hall–Kier alpha value is -1.59. The average molecular weight is 307 g/mol. The van der Waals surface area contributed by atoms with Crippen LogP contribution in [0.3, 0.4) is 0 Å². The largest absolute Gasteiger partial charge is 0.472 e. The van der Waals surface area contributed by atoms with Crippen LogP contribution in [0.4, 0.5) is 0 Å². The van der Waals surface area contributed by atoms with Gasteiger partial charge in [0.05, 0.1) is 17.4 Å². The highest BCUT2D eigenvalue weighted by Gasteiger charge is 2.17. The van der Waals surface area contributed by atoms with Crippen molar-refractivity contribution in [2.45, 2.75) is 37.5 Å². The molecule has 0 aliphatic heterocycles. The third kappa shape index (κ3) is 4.19. The van der Waals surface area contributed by atoms with Crippen LogP contribution in [-0.2, 0) is 21.9 Å². The Bertz CT molecular complexity index is 665. The molecule has 0 bridgehead atoms. The number of benzene rings is 1. The molecule has 2 aromatic rings. The van der Waals surface area contributed by atoms with Crippen LogP contribution in [0.15, 0.2) is 52.2 Å². The Morgan fingerprint density at radius 1 is 1.10 bits per heavy atom. The summed E-state index contributed by atoms with van der Waals surface area (Å²) in [6.45, 7) is 6.64. The summed E-state index contributed by atoms with van der Waals surface area (Å²) >= 11 is 0. The minimum Gasteiger partial charge on any atom is -0.472 e. The van der Waals surface area contributed by atoms with Crippen LogP contribution in [0.5, 0.6) is 0 Å². The second kappa shape index (κ2) is 6.03. The minimum atomic E-state index is -3.46. The lowest BCUT2D eigenvalue weighted by atomic mass is 9.87. The van der Waals surface area contributed by atoms with Crippen molar-refractivity contribution in [2.24, 2.45) is 0 Å². The Kier molecular flexibility index (Phi) is 4.54. The van der Waals surface area contributed by atoms with Crippen molar-refractivity contribution in [3.05, 3.63) is 54.0 Å². The maximum Gasteiger partial charge on any atom is 0.240 e. The van der Waals surface area contributed by atoms with Gasteiger partial charge >= 0.3 is 0 Å². The van der Waals surface area contributed by atoms with E-state index in [1.54, 1.807) is 24.7 Å². The van der Waals surface area contributed by atoms with Crippen molar-refractivity contribution < 1.29 is 12.8 Å². The van der Waals surface area contributed by atoms with Crippen molar-refractivity contribution in [3.8, 4) is 0 Å². The Labute approximate surface area is 126 Å². The number of rotatable bonds is 5. The number of nitrogens with one attached hydrogen (secondary N) is 1. The summed E-state index contributed by atoms with van der Waals surface area (Å²) < 4.78 is 31.9. The van der Waals surface area contributed by atoms with Crippen LogP contribution in [0.25, 0.3) is 0 Å². The highest BCUT2D eigenvalue weighted by atomic mass is 32.2. The fourth-order valence-corrected chi connectivity index (χ4v) is 3.01. The van der Waals surface area contributed by atoms with Crippen molar-refractivity contribution >= 4 is 10.0 Å². The molecule has 0 aliphatic carbocycles. The van der Waals surface area contributed by atoms with Gasteiger partial charge in [0.25, 0.3) is 0 Å². The molecule has 0 saturated carbocycles. The Balaban J connectivity index is 2.02. The van der Waals surface area contributed by atoms with Crippen LogP contribution < -0.4 is 4.72 Å². The molecule has 4 nitrogen and oxygen atoms in total. The highest BCUT2D eigenvalue weighted by molar-refractivity contribution is 7.89. The fraction of sp³-hybridized carbons (Fsp3) is 0.375. The monoisotopic (exact) mass is 307 g/mol. The number of hydrogen-bond acceptors (Lipinski definition) is 3. The molecule has 1 N–H and O–H groups in total. The lowest BCUT2D eigenvalue weighted by Crippen LogP contribution is -2.26. The van der Waals surface area contributed by atoms with Crippen molar-refractivity contribution in [1.82, 2.24) is 4.72 Å². The van der Waals surface area contributed by atoms with Crippen molar-refractivity contribution in [1.29, 1.82) is 0 Å². The van der Waals surface area contributed by atoms with E-state index in [0.717, 1.165) is 11.1 Å². The van der Waals surface area contributed by atoms with Gasteiger partial charge < -0.3 is 4.42 Å². The first kappa shape index (κ1) is 15.8. The third-order valence-electron chi connectivity index (χ3n) is 3.32. The van der Waals surface area contributed by atoms with Gasteiger partial charge in [0.2, 0.25) is 10.0 Å². The fourth-order valence-electron chi connectivity index (χ4n) is 1.98. The molecule has 21 heavy (non-hydrogen) atoms. The van der Waals surface area contributed by atoms with E-state index in [2.05, 4.69) is 25.5 Å². The van der Waals surface area contributed by atoms with E-state index in [0.29, 0.717) is 17.9 Å². The summed E-state index contributed by atoms with van der Waals surface area (Å²) in [7, 11) is -3.46. The lowest BCUT2D eigenvalue weighted by Gasteiger charge is -2.19. The topological polar surface area (TPSA) is 59.3 Å². The van der Waals surface area contributed by atoms with Gasteiger partial charge in [0, 0.05) is 6.54 Å². The van der Waals surface area contributed by atoms with E-state index in [4.69, 9.17) is 4.42 Å². The van der Waals surface area contributed by atoms with Gasteiger partial charge in [0.1, 0.15) is 0 Å². The number of hydrogen-bond donors (Lipinski definition) is 1. The van der Waals surface area contributed by atoms with E-state index in [1.165, 1.54) is 0 Å². The number of furan rings is 1. The average Bonchev–Trinajstić information content (AvgIpc) is 2.91. The van der Waals surface area contributed by atoms with Gasteiger partial charge in [0.15, 0.2) is 0 Å². The smallest absolute Gasteiger partial charge is 0.240 e. The maximum absolute atomic E-state index is 12.2. The lowest BCUT2D eigenvalue weighted by molar-refractivity contribution is 0.562.